The van der Waals surface area contributed by atoms with Crippen LogP contribution < -0.4 is 4.74 Å². The number of aliphatic hydroxyl groups excluding tert-OH is 1. The van der Waals surface area contributed by atoms with Crippen LogP contribution in [0.1, 0.15) is 59.4 Å². The molecule has 0 bridgehead atoms. The van der Waals surface area contributed by atoms with Crippen molar-refractivity contribution in [3.63, 3.8) is 0 Å². The number of benzene rings is 1. The molecule has 2 aliphatic heterocycles. The Labute approximate surface area is 211 Å². The van der Waals surface area contributed by atoms with Crippen molar-refractivity contribution in [1.29, 1.82) is 0 Å². The fourth-order valence-corrected chi connectivity index (χ4v) is 5.52. The molecule has 2 fully saturated rings. The average Bonchev–Trinajstić information content (AvgIpc) is 3.25. The number of para-hydroxylation sites is 1. The molecule has 1 aliphatic carbocycles. The fourth-order valence-electron chi connectivity index (χ4n) is 5.52. The Morgan fingerprint density at radius 1 is 1.08 bits per heavy atom. The molecule has 0 saturated carbocycles. The second kappa shape index (κ2) is 10.6. The van der Waals surface area contributed by atoms with Crippen LogP contribution in [0.15, 0.2) is 24.3 Å². The quantitative estimate of drug-likeness (QED) is 0.685. The van der Waals surface area contributed by atoms with Gasteiger partial charge in [-0.2, -0.15) is 5.10 Å². The van der Waals surface area contributed by atoms with E-state index in [1.165, 1.54) is 4.90 Å². The average molecular weight is 499 g/mol. The van der Waals surface area contributed by atoms with Gasteiger partial charge in [0.05, 0.1) is 12.6 Å². The van der Waals surface area contributed by atoms with Crippen LogP contribution in [0.2, 0.25) is 0 Å². The lowest BCUT2D eigenvalue weighted by Crippen LogP contribution is -2.47. The van der Waals surface area contributed by atoms with Gasteiger partial charge in [-0.1, -0.05) is 18.2 Å². The molecule has 0 radical (unpaired) electrons. The van der Waals surface area contributed by atoms with Gasteiger partial charge in [0.1, 0.15) is 24.6 Å². The summed E-state index contributed by atoms with van der Waals surface area (Å²) in [5.41, 5.74) is 3.29. The summed E-state index contributed by atoms with van der Waals surface area (Å²) in [5, 5.41) is 14.3. The van der Waals surface area contributed by atoms with Crippen molar-refractivity contribution in [1.82, 2.24) is 19.6 Å². The summed E-state index contributed by atoms with van der Waals surface area (Å²) in [6, 6.07) is 7.97. The number of aliphatic hydroxyl groups is 1. The summed E-state index contributed by atoms with van der Waals surface area (Å²) in [4.78, 5) is 29.7. The zero-order chi connectivity index (χ0) is 25.2. The van der Waals surface area contributed by atoms with Gasteiger partial charge in [0, 0.05) is 43.7 Å². The number of nitrogens with zero attached hydrogens (tertiary/aromatic N) is 4. The lowest BCUT2D eigenvalue weighted by Gasteiger charge is -2.32. The minimum Gasteiger partial charge on any atom is -0.490 e. The van der Waals surface area contributed by atoms with Crippen LogP contribution in [0, 0.1) is 6.92 Å². The van der Waals surface area contributed by atoms with Crippen LogP contribution in [0.25, 0.3) is 0 Å². The Morgan fingerprint density at radius 2 is 1.81 bits per heavy atom. The number of hydrogen-bond acceptors (Lipinski definition) is 5. The minimum absolute atomic E-state index is 0.0101. The van der Waals surface area contributed by atoms with E-state index in [9.17, 15) is 19.1 Å². The van der Waals surface area contributed by atoms with Crippen LogP contribution in [-0.2, 0) is 24.2 Å². The topological polar surface area (TPSA) is 87.9 Å². The summed E-state index contributed by atoms with van der Waals surface area (Å²) in [7, 11) is 0. The van der Waals surface area contributed by atoms with Crippen LogP contribution in [0.3, 0.4) is 0 Å². The molecule has 3 aliphatic rings. The molecule has 2 aromatic rings. The van der Waals surface area contributed by atoms with Crippen LogP contribution in [0.5, 0.6) is 5.75 Å². The van der Waals surface area contributed by atoms with Gasteiger partial charge in [0.15, 0.2) is 5.69 Å². The number of rotatable bonds is 5. The first kappa shape index (κ1) is 24.7. The third-order valence-electron chi connectivity index (χ3n) is 7.72. The minimum atomic E-state index is -1.44. The third-order valence-corrected chi connectivity index (χ3v) is 7.72. The highest BCUT2D eigenvalue weighted by Crippen LogP contribution is 2.27. The number of alkyl halides is 1. The van der Waals surface area contributed by atoms with Gasteiger partial charge in [-0.15, -0.1) is 0 Å². The number of piperidine rings is 2. The number of aromatic nitrogens is 2. The zero-order valence-corrected chi connectivity index (χ0v) is 20.9. The maximum Gasteiger partial charge on any atom is 0.274 e. The summed E-state index contributed by atoms with van der Waals surface area (Å²) in [6.07, 6.45) is 2.84. The van der Waals surface area contributed by atoms with Crippen molar-refractivity contribution in [2.45, 2.75) is 76.8 Å². The molecule has 0 spiro atoms. The largest absolute Gasteiger partial charge is 0.490 e. The molecular weight excluding hydrogens is 463 g/mol. The standard InChI is InChI=1S/C27H35FN4O4/c1-18-6-2-5-9-24(18)36-19-10-13-30(14-11-19)25(34)17-32-22-8-4-3-7-20(22)26(29-32)27(35)31-15-12-23(33)21(28)16-31/h2,5-6,9,19,21,23,33H,3-4,7-8,10-17H2,1H3/t21-,23+/m0/s1. The predicted octanol–water partition coefficient (Wildman–Crippen LogP) is 2.69. The number of fused-ring (bicyclic) bond motifs is 1. The van der Waals surface area contributed by atoms with E-state index in [0.29, 0.717) is 25.3 Å². The van der Waals surface area contributed by atoms with Gasteiger partial charge in [-0.25, -0.2) is 4.39 Å². The zero-order valence-electron chi connectivity index (χ0n) is 20.9. The van der Waals surface area contributed by atoms with Crippen molar-refractivity contribution < 1.29 is 23.8 Å². The van der Waals surface area contributed by atoms with Crippen molar-refractivity contribution in [3.05, 3.63) is 46.8 Å². The number of amides is 2. The molecule has 3 heterocycles. The molecule has 194 valence electrons. The first-order valence-corrected chi connectivity index (χ1v) is 13.1. The maximum atomic E-state index is 14.1. The molecule has 0 unspecified atom stereocenters. The summed E-state index contributed by atoms with van der Waals surface area (Å²) < 4.78 is 21.9. The highest BCUT2D eigenvalue weighted by molar-refractivity contribution is 5.94. The van der Waals surface area contributed by atoms with E-state index in [2.05, 4.69) is 5.10 Å². The molecule has 2 amide bonds. The van der Waals surface area contributed by atoms with E-state index in [1.54, 1.807) is 4.68 Å². The van der Waals surface area contributed by atoms with Crippen molar-refractivity contribution in [3.8, 4) is 5.75 Å². The monoisotopic (exact) mass is 498 g/mol. The van der Waals surface area contributed by atoms with Crippen molar-refractivity contribution in [2.75, 3.05) is 26.2 Å². The van der Waals surface area contributed by atoms with Gasteiger partial charge in [0.2, 0.25) is 5.91 Å². The van der Waals surface area contributed by atoms with E-state index in [1.807, 2.05) is 36.1 Å². The molecule has 5 rings (SSSR count). The van der Waals surface area contributed by atoms with Gasteiger partial charge in [-0.05, 0) is 50.7 Å². The first-order chi connectivity index (χ1) is 17.4. The second-order valence-corrected chi connectivity index (χ2v) is 10.2. The fraction of sp³-hybridized carbons (Fsp3) is 0.593. The normalized spacial score (nSPS) is 22.9. The summed E-state index contributed by atoms with van der Waals surface area (Å²) in [5.74, 6) is 0.581. The van der Waals surface area contributed by atoms with E-state index in [0.717, 1.165) is 61.1 Å². The molecule has 2 saturated heterocycles. The summed E-state index contributed by atoms with van der Waals surface area (Å²) in [6.45, 7) is 3.56. The Morgan fingerprint density at radius 3 is 2.56 bits per heavy atom. The molecule has 9 heteroatoms. The Bertz CT molecular complexity index is 1110. The highest BCUT2D eigenvalue weighted by Gasteiger charge is 2.34. The van der Waals surface area contributed by atoms with Crippen LogP contribution in [-0.4, -0.2) is 81.1 Å². The molecular formula is C27H35FN4O4. The number of aryl methyl sites for hydroxylation is 1. The van der Waals surface area contributed by atoms with Gasteiger partial charge in [-0.3, -0.25) is 14.3 Å². The van der Waals surface area contributed by atoms with E-state index in [4.69, 9.17) is 4.74 Å². The number of hydrogen-bond donors (Lipinski definition) is 1. The summed E-state index contributed by atoms with van der Waals surface area (Å²) >= 11 is 0. The lowest BCUT2D eigenvalue weighted by molar-refractivity contribution is -0.133. The smallest absolute Gasteiger partial charge is 0.274 e. The predicted molar refractivity (Wildman–Crippen MR) is 132 cm³/mol. The Hall–Kier alpha value is -2.94. The van der Waals surface area contributed by atoms with E-state index in [-0.39, 0.29) is 37.4 Å². The van der Waals surface area contributed by atoms with E-state index >= 15 is 0 Å². The number of likely N-dealkylation sites (tertiary alicyclic amines) is 2. The molecule has 1 N–H and O–H groups in total. The third kappa shape index (κ3) is 5.12. The van der Waals surface area contributed by atoms with Gasteiger partial charge in [0.25, 0.3) is 5.91 Å². The molecule has 2 atom stereocenters. The number of halogens is 1. The molecule has 1 aromatic heterocycles. The van der Waals surface area contributed by atoms with Crippen molar-refractivity contribution >= 4 is 11.8 Å². The lowest BCUT2D eigenvalue weighted by atomic mass is 9.95. The number of carbonyl (C=O) groups is 2. The Kier molecular flexibility index (Phi) is 7.27. The van der Waals surface area contributed by atoms with E-state index < -0.39 is 12.3 Å². The van der Waals surface area contributed by atoms with Crippen LogP contribution in [0.4, 0.5) is 4.39 Å². The van der Waals surface area contributed by atoms with Crippen LogP contribution >= 0.6 is 0 Å². The highest BCUT2D eigenvalue weighted by atomic mass is 19.1. The molecule has 8 nitrogen and oxygen atoms in total. The first-order valence-electron chi connectivity index (χ1n) is 13.1. The van der Waals surface area contributed by atoms with Gasteiger partial charge < -0.3 is 19.6 Å². The number of carbonyl (C=O) groups excluding carboxylic acids is 2. The maximum absolute atomic E-state index is 14.1. The second-order valence-electron chi connectivity index (χ2n) is 10.2. The SMILES string of the molecule is Cc1ccccc1OC1CCN(C(=O)Cn2nc(C(=O)N3CC[C@@H](O)[C@@H](F)C3)c3c2CCCC3)CC1. The number of ether oxygens (including phenoxy) is 1. The molecule has 1 aromatic carbocycles. The molecule has 36 heavy (non-hydrogen) atoms. The van der Waals surface area contributed by atoms with Crippen molar-refractivity contribution in [2.24, 2.45) is 0 Å². The Balaban J connectivity index is 1.23. The van der Waals surface area contributed by atoms with Gasteiger partial charge >= 0.3 is 0 Å².